The van der Waals surface area contributed by atoms with Crippen molar-refractivity contribution < 1.29 is 27.8 Å². The van der Waals surface area contributed by atoms with Crippen LogP contribution in [0.1, 0.15) is 6.42 Å². The van der Waals surface area contributed by atoms with Gasteiger partial charge in [-0.25, -0.2) is 0 Å². The van der Waals surface area contributed by atoms with E-state index in [2.05, 4.69) is 20.1 Å². The Hall–Kier alpha value is -1.93. The highest BCUT2D eigenvalue weighted by atomic mass is 19.3. The smallest absolute Gasteiger partial charge is 0.395 e. The molecule has 1 saturated heterocycles. The Morgan fingerprint density at radius 2 is 2.18 bits per heavy atom. The topological polar surface area (TPSA) is 68.8 Å². The van der Waals surface area contributed by atoms with E-state index < -0.39 is 11.7 Å². The Balaban J connectivity index is 1.75. The number of methoxy groups -OCH3 is 1. The van der Waals surface area contributed by atoms with Crippen molar-refractivity contribution in [1.82, 2.24) is 5.32 Å². The lowest BCUT2D eigenvalue weighted by Gasteiger charge is -2.25. The average molecular weight is 314 g/mol. The Labute approximate surface area is 125 Å². The quantitative estimate of drug-likeness (QED) is 0.883. The third kappa shape index (κ3) is 2.71. The molecule has 8 heteroatoms. The van der Waals surface area contributed by atoms with Crippen LogP contribution in [0.2, 0.25) is 0 Å². The monoisotopic (exact) mass is 314 g/mol. The molecule has 2 aliphatic heterocycles. The SMILES string of the molecule is COCC1(C(=O)Nc2ccc3c(c2)OC(F)(F)O3)CCNC1. The van der Waals surface area contributed by atoms with Gasteiger partial charge < -0.3 is 24.8 Å². The molecule has 2 aliphatic rings. The van der Waals surface area contributed by atoms with Crippen molar-refractivity contribution >= 4 is 11.6 Å². The average Bonchev–Trinajstić information content (AvgIpc) is 3.02. The summed E-state index contributed by atoms with van der Waals surface area (Å²) in [6, 6.07) is 4.14. The van der Waals surface area contributed by atoms with Crippen LogP contribution >= 0.6 is 0 Å². The maximum atomic E-state index is 13.0. The van der Waals surface area contributed by atoms with Gasteiger partial charge in [-0.05, 0) is 25.1 Å². The highest BCUT2D eigenvalue weighted by Gasteiger charge is 2.44. The fraction of sp³-hybridized carbons (Fsp3) is 0.500. The second kappa shape index (κ2) is 5.36. The molecule has 120 valence electrons. The number of amides is 1. The minimum atomic E-state index is -3.67. The summed E-state index contributed by atoms with van der Waals surface area (Å²) < 4.78 is 39.8. The first-order valence-corrected chi connectivity index (χ1v) is 6.85. The van der Waals surface area contributed by atoms with Crippen molar-refractivity contribution in [2.75, 3.05) is 32.1 Å². The van der Waals surface area contributed by atoms with Gasteiger partial charge in [-0.3, -0.25) is 4.79 Å². The van der Waals surface area contributed by atoms with Gasteiger partial charge in [0, 0.05) is 25.4 Å². The van der Waals surface area contributed by atoms with Crippen molar-refractivity contribution in [1.29, 1.82) is 0 Å². The maximum Gasteiger partial charge on any atom is 0.586 e. The highest BCUT2D eigenvalue weighted by molar-refractivity contribution is 5.96. The molecule has 0 spiro atoms. The second-order valence-electron chi connectivity index (χ2n) is 5.42. The van der Waals surface area contributed by atoms with E-state index in [0.29, 0.717) is 18.7 Å². The number of benzene rings is 1. The predicted molar refractivity (Wildman–Crippen MR) is 73.1 cm³/mol. The molecule has 2 heterocycles. The molecule has 3 rings (SSSR count). The number of carbonyl (C=O) groups is 1. The van der Waals surface area contributed by atoms with Gasteiger partial charge in [-0.2, -0.15) is 0 Å². The first kappa shape index (κ1) is 15.0. The molecule has 6 nitrogen and oxygen atoms in total. The van der Waals surface area contributed by atoms with Gasteiger partial charge in [0.15, 0.2) is 11.5 Å². The zero-order chi connectivity index (χ0) is 15.8. The van der Waals surface area contributed by atoms with Crippen molar-refractivity contribution in [3.05, 3.63) is 18.2 Å². The van der Waals surface area contributed by atoms with Gasteiger partial charge in [0.25, 0.3) is 0 Å². The summed E-state index contributed by atoms with van der Waals surface area (Å²) in [6.07, 6.45) is -3.02. The van der Waals surface area contributed by atoms with Crippen LogP contribution in [0.3, 0.4) is 0 Å². The summed E-state index contributed by atoms with van der Waals surface area (Å²) in [5.74, 6) is -0.379. The third-order valence-electron chi connectivity index (χ3n) is 3.81. The Bertz CT molecular complexity index is 588. The van der Waals surface area contributed by atoms with Crippen molar-refractivity contribution in [2.45, 2.75) is 12.7 Å². The zero-order valence-corrected chi connectivity index (χ0v) is 11.9. The molecule has 0 radical (unpaired) electrons. The number of nitrogens with one attached hydrogen (secondary N) is 2. The van der Waals surface area contributed by atoms with Gasteiger partial charge in [0.05, 0.1) is 12.0 Å². The number of hydrogen-bond acceptors (Lipinski definition) is 5. The lowest BCUT2D eigenvalue weighted by atomic mass is 9.87. The standard InChI is InChI=1S/C14H16F2N2O4/c1-20-8-13(4-5-17-7-13)12(19)18-9-2-3-10-11(6-9)22-14(15,16)21-10/h2-3,6,17H,4-5,7-8H2,1H3,(H,18,19). The summed E-state index contributed by atoms with van der Waals surface area (Å²) in [4.78, 5) is 12.5. The molecule has 1 atom stereocenters. The third-order valence-corrected chi connectivity index (χ3v) is 3.81. The molecule has 22 heavy (non-hydrogen) atoms. The molecular formula is C14H16F2N2O4. The van der Waals surface area contributed by atoms with E-state index in [0.717, 1.165) is 6.54 Å². The molecule has 0 bridgehead atoms. The minimum Gasteiger partial charge on any atom is -0.395 e. The molecular weight excluding hydrogens is 298 g/mol. The van der Waals surface area contributed by atoms with E-state index in [1.165, 1.54) is 25.3 Å². The normalized spacial score (nSPS) is 25.2. The van der Waals surface area contributed by atoms with Crippen LogP contribution in [0.15, 0.2) is 18.2 Å². The number of anilines is 1. The number of ether oxygens (including phenoxy) is 3. The molecule has 1 fully saturated rings. The second-order valence-corrected chi connectivity index (χ2v) is 5.42. The van der Waals surface area contributed by atoms with Crippen LogP contribution in [-0.4, -0.2) is 39.0 Å². The van der Waals surface area contributed by atoms with E-state index in [1.54, 1.807) is 0 Å². The van der Waals surface area contributed by atoms with Crippen molar-refractivity contribution in [3.63, 3.8) is 0 Å². The van der Waals surface area contributed by atoms with Gasteiger partial charge in [0.1, 0.15) is 0 Å². The molecule has 1 unspecified atom stereocenters. The number of hydrogen-bond donors (Lipinski definition) is 2. The van der Waals surface area contributed by atoms with Crippen LogP contribution in [0.25, 0.3) is 0 Å². The van der Waals surface area contributed by atoms with Crippen LogP contribution in [0.5, 0.6) is 11.5 Å². The van der Waals surface area contributed by atoms with Crippen molar-refractivity contribution in [2.24, 2.45) is 5.41 Å². The fourth-order valence-corrected chi connectivity index (χ4v) is 2.69. The lowest BCUT2D eigenvalue weighted by molar-refractivity contribution is -0.286. The van der Waals surface area contributed by atoms with Crippen LogP contribution in [-0.2, 0) is 9.53 Å². The molecule has 2 N–H and O–H groups in total. The molecule has 1 amide bonds. The molecule has 1 aromatic rings. The minimum absolute atomic E-state index is 0.0582. The summed E-state index contributed by atoms with van der Waals surface area (Å²) >= 11 is 0. The van der Waals surface area contributed by atoms with E-state index in [4.69, 9.17) is 4.74 Å². The van der Waals surface area contributed by atoms with Crippen molar-refractivity contribution in [3.8, 4) is 11.5 Å². The molecule has 0 aliphatic carbocycles. The summed E-state index contributed by atoms with van der Waals surface area (Å²) in [5.41, 5.74) is -0.290. The Morgan fingerprint density at radius 3 is 2.86 bits per heavy atom. The number of alkyl halides is 2. The molecule has 1 aromatic carbocycles. The highest BCUT2D eigenvalue weighted by Crippen LogP contribution is 2.42. The van der Waals surface area contributed by atoms with E-state index in [1.807, 2.05) is 0 Å². The molecule has 0 aromatic heterocycles. The first-order valence-electron chi connectivity index (χ1n) is 6.85. The zero-order valence-electron chi connectivity index (χ0n) is 11.9. The lowest BCUT2D eigenvalue weighted by Crippen LogP contribution is -2.41. The Kier molecular flexibility index (Phi) is 3.65. The maximum absolute atomic E-state index is 13.0. The summed E-state index contributed by atoms with van der Waals surface area (Å²) in [5, 5.41) is 5.86. The van der Waals surface area contributed by atoms with Gasteiger partial charge >= 0.3 is 6.29 Å². The van der Waals surface area contributed by atoms with Crippen LogP contribution < -0.4 is 20.1 Å². The largest absolute Gasteiger partial charge is 0.586 e. The predicted octanol–water partition coefficient (Wildman–Crippen LogP) is 1.57. The Morgan fingerprint density at radius 1 is 1.41 bits per heavy atom. The first-order chi connectivity index (χ1) is 10.4. The number of halogens is 2. The number of carbonyl (C=O) groups excluding carboxylic acids is 1. The van der Waals surface area contributed by atoms with E-state index in [9.17, 15) is 13.6 Å². The van der Waals surface area contributed by atoms with Gasteiger partial charge in [0.2, 0.25) is 5.91 Å². The van der Waals surface area contributed by atoms with Gasteiger partial charge in [-0.1, -0.05) is 0 Å². The number of rotatable bonds is 4. The number of fused-ring (bicyclic) bond motifs is 1. The van der Waals surface area contributed by atoms with Crippen LogP contribution in [0, 0.1) is 5.41 Å². The summed E-state index contributed by atoms with van der Waals surface area (Å²) in [6.45, 7) is 1.52. The fourth-order valence-electron chi connectivity index (χ4n) is 2.69. The van der Waals surface area contributed by atoms with Gasteiger partial charge in [-0.15, -0.1) is 8.78 Å². The van der Waals surface area contributed by atoms with E-state index in [-0.39, 0.29) is 24.0 Å². The van der Waals surface area contributed by atoms with Crippen LogP contribution in [0.4, 0.5) is 14.5 Å². The molecule has 0 saturated carbocycles. The van der Waals surface area contributed by atoms with E-state index >= 15 is 0 Å². The summed E-state index contributed by atoms with van der Waals surface area (Å²) in [7, 11) is 1.54.